The Morgan fingerprint density at radius 2 is 1.90 bits per heavy atom. The quantitative estimate of drug-likeness (QED) is 0.881. The van der Waals surface area contributed by atoms with Gasteiger partial charge in [0.1, 0.15) is 5.82 Å². The van der Waals surface area contributed by atoms with Gasteiger partial charge in [-0.3, -0.25) is 0 Å². The van der Waals surface area contributed by atoms with Crippen LogP contribution in [0.1, 0.15) is 36.3 Å². The van der Waals surface area contributed by atoms with E-state index in [1.165, 1.54) is 0 Å². The van der Waals surface area contributed by atoms with E-state index in [1.807, 2.05) is 37.5 Å². The van der Waals surface area contributed by atoms with Crippen molar-refractivity contribution < 1.29 is 0 Å². The molecule has 20 heavy (non-hydrogen) atoms. The van der Waals surface area contributed by atoms with Crippen LogP contribution >= 0.6 is 11.6 Å². The Morgan fingerprint density at radius 3 is 2.55 bits per heavy atom. The van der Waals surface area contributed by atoms with E-state index >= 15 is 0 Å². The maximum atomic E-state index is 6.25. The van der Waals surface area contributed by atoms with Gasteiger partial charge in [-0.05, 0) is 43.5 Å². The van der Waals surface area contributed by atoms with Crippen LogP contribution in [0.15, 0.2) is 36.7 Å². The Hall–Kier alpha value is -1.45. The van der Waals surface area contributed by atoms with Crippen LogP contribution in [0, 0.1) is 6.92 Å². The predicted octanol–water partition coefficient (Wildman–Crippen LogP) is 3.72. The summed E-state index contributed by atoms with van der Waals surface area (Å²) in [5, 5.41) is 4.29. The second-order valence-electron chi connectivity index (χ2n) is 4.92. The van der Waals surface area contributed by atoms with Crippen molar-refractivity contribution in [2.75, 3.05) is 6.54 Å². The molecule has 1 aromatic carbocycles. The number of halogens is 1. The van der Waals surface area contributed by atoms with Crippen molar-refractivity contribution in [3.05, 3.63) is 58.6 Å². The molecule has 1 heterocycles. The number of benzene rings is 1. The number of nitrogens with zero attached hydrogens (tertiary/aromatic N) is 2. The monoisotopic (exact) mass is 289 g/mol. The molecular formula is C16H20ClN3. The molecule has 0 saturated carbocycles. The molecule has 4 heteroatoms. The first-order valence-electron chi connectivity index (χ1n) is 6.96. The fourth-order valence-electron chi connectivity index (χ4n) is 2.04. The summed E-state index contributed by atoms with van der Waals surface area (Å²) < 4.78 is 0. The lowest BCUT2D eigenvalue weighted by Gasteiger charge is -2.18. The van der Waals surface area contributed by atoms with Crippen LogP contribution in [-0.2, 0) is 6.42 Å². The average molecular weight is 290 g/mol. The summed E-state index contributed by atoms with van der Waals surface area (Å²) in [5.74, 6) is 0.823. The molecule has 0 fully saturated rings. The smallest absolute Gasteiger partial charge is 0.145 e. The van der Waals surface area contributed by atoms with E-state index in [9.17, 15) is 0 Å². The summed E-state index contributed by atoms with van der Waals surface area (Å²) in [6.07, 6.45) is 5.58. The first kappa shape index (κ1) is 14.9. The maximum Gasteiger partial charge on any atom is 0.145 e. The van der Waals surface area contributed by atoms with E-state index in [2.05, 4.69) is 28.3 Å². The fourth-order valence-corrected chi connectivity index (χ4v) is 2.25. The third-order valence-corrected chi connectivity index (χ3v) is 3.50. The Kier molecular flexibility index (Phi) is 5.50. The standard InChI is InChI=1S/C16H20ClN3/c1-3-8-18-15(16-19-10-12(2)11-20-16)9-13-6-4-5-7-14(13)17/h4-7,10-11,15,18H,3,8-9H2,1-2H3. The summed E-state index contributed by atoms with van der Waals surface area (Å²) in [5.41, 5.74) is 2.19. The molecule has 0 aliphatic rings. The molecule has 0 spiro atoms. The predicted molar refractivity (Wildman–Crippen MR) is 83.0 cm³/mol. The van der Waals surface area contributed by atoms with Crippen LogP contribution in [0.2, 0.25) is 5.02 Å². The van der Waals surface area contributed by atoms with Gasteiger partial charge in [0.25, 0.3) is 0 Å². The lowest BCUT2D eigenvalue weighted by molar-refractivity contribution is 0.504. The molecule has 0 radical (unpaired) electrons. The van der Waals surface area contributed by atoms with Gasteiger partial charge in [-0.1, -0.05) is 36.7 Å². The molecule has 0 aliphatic carbocycles. The van der Waals surface area contributed by atoms with Crippen molar-refractivity contribution in [1.29, 1.82) is 0 Å². The molecule has 1 unspecified atom stereocenters. The zero-order valence-electron chi connectivity index (χ0n) is 11.9. The van der Waals surface area contributed by atoms with Crippen molar-refractivity contribution in [2.45, 2.75) is 32.7 Å². The molecule has 1 atom stereocenters. The van der Waals surface area contributed by atoms with Gasteiger partial charge in [0.05, 0.1) is 6.04 Å². The van der Waals surface area contributed by atoms with Crippen LogP contribution in [0.5, 0.6) is 0 Å². The third kappa shape index (κ3) is 4.02. The lowest BCUT2D eigenvalue weighted by atomic mass is 10.0. The lowest BCUT2D eigenvalue weighted by Crippen LogP contribution is -2.26. The van der Waals surface area contributed by atoms with Crippen molar-refractivity contribution in [3.8, 4) is 0 Å². The summed E-state index contributed by atoms with van der Waals surface area (Å²) in [7, 11) is 0. The highest BCUT2D eigenvalue weighted by molar-refractivity contribution is 6.31. The van der Waals surface area contributed by atoms with Crippen molar-refractivity contribution in [2.24, 2.45) is 0 Å². The minimum atomic E-state index is 0.0930. The maximum absolute atomic E-state index is 6.25. The number of nitrogens with one attached hydrogen (secondary N) is 1. The highest BCUT2D eigenvalue weighted by Crippen LogP contribution is 2.21. The second-order valence-corrected chi connectivity index (χ2v) is 5.33. The molecule has 2 rings (SSSR count). The third-order valence-electron chi connectivity index (χ3n) is 3.14. The minimum Gasteiger partial charge on any atom is -0.307 e. The van der Waals surface area contributed by atoms with Crippen LogP contribution < -0.4 is 5.32 Å². The Bertz CT molecular complexity index is 540. The Labute approximate surface area is 125 Å². The molecule has 0 saturated heterocycles. The van der Waals surface area contributed by atoms with Gasteiger partial charge >= 0.3 is 0 Å². The van der Waals surface area contributed by atoms with Gasteiger partial charge in [0.2, 0.25) is 0 Å². The number of hydrogen-bond acceptors (Lipinski definition) is 3. The number of aryl methyl sites for hydroxylation is 1. The van der Waals surface area contributed by atoms with E-state index in [1.54, 1.807) is 0 Å². The Morgan fingerprint density at radius 1 is 1.20 bits per heavy atom. The van der Waals surface area contributed by atoms with Crippen LogP contribution in [-0.4, -0.2) is 16.5 Å². The highest BCUT2D eigenvalue weighted by Gasteiger charge is 2.15. The fraction of sp³-hybridized carbons (Fsp3) is 0.375. The summed E-state index contributed by atoms with van der Waals surface area (Å²) in [4.78, 5) is 8.88. The van der Waals surface area contributed by atoms with Gasteiger partial charge in [-0.25, -0.2) is 9.97 Å². The van der Waals surface area contributed by atoms with Crippen molar-refractivity contribution >= 4 is 11.6 Å². The zero-order chi connectivity index (χ0) is 14.4. The topological polar surface area (TPSA) is 37.8 Å². The van der Waals surface area contributed by atoms with E-state index in [0.29, 0.717) is 0 Å². The molecule has 3 nitrogen and oxygen atoms in total. The van der Waals surface area contributed by atoms with Gasteiger partial charge in [0, 0.05) is 17.4 Å². The van der Waals surface area contributed by atoms with Gasteiger partial charge in [-0.2, -0.15) is 0 Å². The van der Waals surface area contributed by atoms with Crippen LogP contribution in [0.3, 0.4) is 0 Å². The largest absolute Gasteiger partial charge is 0.307 e. The number of rotatable bonds is 6. The SMILES string of the molecule is CCCNC(Cc1ccccc1Cl)c1ncc(C)cn1. The van der Waals surface area contributed by atoms with E-state index < -0.39 is 0 Å². The number of aromatic nitrogens is 2. The molecule has 1 aromatic heterocycles. The number of hydrogen-bond donors (Lipinski definition) is 1. The molecule has 0 aliphatic heterocycles. The van der Waals surface area contributed by atoms with E-state index in [-0.39, 0.29) is 6.04 Å². The molecule has 0 amide bonds. The van der Waals surface area contributed by atoms with E-state index in [4.69, 9.17) is 11.6 Å². The minimum absolute atomic E-state index is 0.0930. The molecule has 2 aromatic rings. The van der Waals surface area contributed by atoms with Crippen molar-refractivity contribution in [3.63, 3.8) is 0 Å². The van der Waals surface area contributed by atoms with E-state index in [0.717, 1.165) is 41.4 Å². The zero-order valence-corrected chi connectivity index (χ0v) is 12.7. The van der Waals surface area contributed by atoms with Crippen molar-refractivity contribution in [1.82, 2.24) is 15.3 Å². The Balaban J connectivity index is 2.19. The van der Waals surface area contributed by atoms with Gasteiger partial charge < -0.3 is 5.32 Å². The normalized spacial score (nSPS) is 12.3. The molecule has 106 valence electrons. The summed E-state index contributed by atoms with van der Waals surface area (Å²) >= 11 is 6.25. The first-order chi connectivity index (χ1) is 9.70. The van der Waals surface area contributed by atoms with Crippen LogP contribution in [0.25, 0.3) is 0 Å². The average Bonchev–Trinajstić information content (AvgIpc) is 2.46. The van der Waals surface area contributed by atoms with Gasteiger partial charge in [0.15, 0.2) is 0 Å². The van der Waals surface area contributed by atoms with Gasteiger partial charge in [-0.15, -0.1) is 0 Å². The molecule has 0 bridgehead atoms. The second kappa shape index (κ2) is 7.36. The summed E-state index contributed by atoms with van der Waals surface area (Å²) in [6, 6.07) is 8.02. The summed E-state index contributed by atoms with van der Waals surface area (Å²) in [6.45, 7) is 5.08. The molecule has 1 N–H and O–H groups in total. The first-order valence-corrected chi connectivity index (χ1v) is 7.34. The van der Waals surface area contributed by atoms with Crippen LogP contribution in [0.4, 0.5) is 0 Å². The molecular weight excluding hydrogens is 270 g/mol. The highest BCUT2D eigenvalue weighted by atomic mass is 35.5.